The Hall–Kier alpha value is -2.87. The number of rotatable bonds is 0. The topological polar surface area (TPSA) is 97.6 Å². The Morgan fingerprint density at radius 1 is 1.32 bits per heavy atom. The molecule has 146 valence electrons. The van der Waals surface area contributed by atoms with Crippen molar-refractivity contribution in [2.75, 3.05) is 17.2 Å². The molecule has 0 spiro atoms. The number of carbonyl (C=O) groups excluding carboxylic acids is 2. The summed E-state index contributed by atoms with van der Waals surface area (Å²) >= 11 is 1.36. The van der Waals surface area contributed by atoms with Gasteiger partial charge in [-0.3, -0.25) is 9.69 Å². The van der Waals surface area contributed by atoms with Crippen LogP contribution in [0.3, 0.4) is 0 Å². The van der Waals surface area contributed by atoms with Crippen LogP contribution in [-0.4, -0.2) is 35.2 Å². The van der Waals surface area contributed by atoms with Crippen LogP contribution >= 0.6 is 11.3 Å². The average molecular weight is 398 g/mol. The van der Waals surface area contributed by atoms with Crippen molar-refractivity contribution in [1.82, 2.24) is 10.3 Å². The minimum atomic E-state index is -0.645. The zero-order chi connectivity index (χ0) is 20.2. The number of aromatic nitrogens is 1. The number of nitrogens with one attached hydrogen (secondary N) is 1. The second-order valence-corrected chi connectivity index (χ2v) is 9.04. The van der Waals surface area contributed by atoms with Crippen molar-refractivity contribution >= 4 is 55.8 Å². The molecule has 28 heavy (non-hydrogen) atoms. The van der Waals surface area contributed by atoms with E-state index >= 15 is 0 Å². The smallest absolute Gasteiger partial charge is 0.414 e. The maximum atomic E-state index is 13.0. The molecule has 0 bridgehead atoms. The monoisotopic (exact) mass is 398 g/mol. The molecule has 1 atom stereocenters. The largest absolute Gasteiger partial charge is 0.443 e. The van der Waals surface area contributed by atoms with Crippen molar-refractivity contribution in [2.45, 2.75) is 39.3 Å². The van der Waals surface area contributed by atoms with E-state index in [0.717, 1.165) is 21.0 Å². The van der Waals surface area contributed by atoms with Gasteiger partial charge in [0, 0.05) is 28.1 Å². The first-order chi connectivity index (χ1) is 13.1. The van der Waals surface area contributed by atoms with Crippen LogP contribution < -0.4 is 16.0 Å². The van der Waals surface area contributed by atoms with Gasteiger partial charge in [0.15, 0.2) is 0 Å². The molecule has 0 saturated heterocycles. The van der Waals surface area contributed by atoms with E-state index in [2.05, 4.69) is 10.3 Å². The Morgan fingerprint density at radius 2 is 2.07 bits per heavy atom. The van der Waals surface area contributed by atoms with Gasteiger partial charge in [0.25, 0.3) is 5.91 Å². The molecule has 0 radical (unpaired) electrons. The summed E-state index contributed by atoms with van der Waals surface area (Å²) in [6.45, 7) is 7.66. The first-order valence-electron chi connectivity index (χ1n) is 9.07. The van der Waals surface area contributed by atoms with Crippen molar-refractivity contribution in [1.29, 1.82) is 0 Å². The van der Waals surface area contributed by atoms with E-state index in [1.165, 1.54) is 11.3 Å². The molecule has 0 saturated carbocycles. The number of nitrogens with zero attached hydrogens (tertiary/aromatic N) is 2. The normalized spacial score (nSPS) is 17.4. The second-order valence-electron chi connectivity index (χ2n) is 7.99. The fourth-order valence-electron chi connectivity index (χ4n) is 3.40. The third-order valence-corrected chi connectivity index (χ3v) is 5.59. The molecule has 0 unspecified atom stereocenters. The molecule has 1 aromatic carbocycles. The van der Waals surface area contributed by atoms with Gasteiger partial charge in [-0.05, 0) is 52.0 Å². The van der Waals surface area contributed by atoms with Gasteiger partial charge in [-0.1, -0.05) is 0 Å². The fraction of sp³-hybridized carbons (Fsp3) is 0.350. The van der Waals surface area contributed by atoms with Crippen LogP contribution in [0.5, 0.6) is 0 Å². The molecule has 2 amide bonds. The second kappa shape index (κ2) is 6.34. The summed E-state index contributed by atoms with van der Waals surface area (Å²) in [5.41, 5.74) is 6.48. The van der Waals surface area contributed by atoms with Crippen molar-refractivity contribution in [2.24, 2.45) is 0 Å². The van der Waals surface area contributed by atoms with E-state index in [9.17, 15) is 9.59 Å². The lowest BCUT2D eigenvalue weighted by Gasteiger charge is -2.28. The molecule has 1 aliphatic rings. The average Bonchev–Trinajstić information content (AvgIpc) is 2.92. The lowest BCUT2D eigenvalue weighted by atomic mass is 10.1. The first kappa shape index (κ1) is 18.5. The molecule has 8 heteroatoms. The van der Waals surface area contributed by atoms with Gasteiger partial charge >= 0.3 is 6.09 Å². The Kier molecular flexibility index (Phi) is 4.19. The van der Waals surface area contributed by atoms with Gasteiger partial charge < -0.3 is 15.8 Å². The van der Waals surface area contributed by atoms with E-state index in [0.29, 0.717) is 22.9 Å². The van der Waals surface area contributed by atoms with Gasteiger partial charge in [-0.15, -0.1) is 11.3 Å². The fourth-order valence-corrected chi connectivity index (χ4v) is 4.52. The van der Waals surface area contributed by atoms with Crippen molar-refractivity contribution in [3.63, 3.8) is 0 Å². The lowest BCUT2D eigenvalue weighted by molar-refractivity contribution is 0.0578. The highest BCUT2D eigenvalue weighted by molar-refractivity contribution is 7.21. The third-order valence-electron chi connectivity index (χ3n) is 4.44. The zero-order valence-electron chi connectivity index (χ0n) is 16.2. The highest BCUT2D eigenvalue weighted by atomic mass is 32.1. The van der Waals surface area contributed by atoms with Gasteiger partial charge in [0.05, 0.1) is 11.2 Å². The van der Waals surface area contributed by atoms with E-state index in [4.69, 9.17) is 10.5 Å². The number of amides is 2. The van der Waals surface area contributed by atoms with Crippen LogP contribution in [0.1, 0.15) is 37.4 Å². The summed E-state index contributed by atoms with van der Waals surface area (Å²) in [5.74, 6) is 0.231. The molecular weight excluding hydrogens is 376 g/mol. The van der Waals surface area contributed by atoms with Crippen LogP contribution in [0.25, 0.3) is 21.0 Å². The molecular formula is C20H22N4O3S. The number of carbonyl (C=O) groups is 2. The van der Waals surface area contributed by atoms with Crippen LogP contribution in [0.4, 0.5) is 16.3 Å². The maximum absolute atomic E-state index is 13.0. The van der Waals surface area contributed by atoms with Gasteiger partial charge in [-0.2, -0.15) is 0 Å². The number of hydrogen-bond donors (Lipinski definition) is 2. The molecule has 1 aliphatic heterocycles. The predicted octanol–water partition coefficient (Wildman–Crippen LogP) is 3.91. The van der Waals surface area contributed by atoms with Crippen molar-refractivity contribution in [3.8, 4) is 0 Å². The number of anilines is 2. The summed E-state index contributed by atoms with van der Waals surface area (Å²) in [6, 6.07) is 7.18. The van der Waals surface area contributed by atoms with Gasteiger partial charge in [-0.25, -0.2) is 9.78 Å². The first-order valence-corrected chi connectivity index (χ1v) is 9.89. The quantitative estimate of drug-likeness (QED) is 0.598. The van der Waals surface area contributed by atoms with Crippen LogP contribution in [-0.2, 0) is 4.74 Å². The van der Waals surface area contributed by atoms with Crippen LogP contribution in [0.2, 0.25) is 0 Å². The number of hydrogen-bond acceptors (Lipinski definition) is 6. The summed E-state index contributed by atoms with van der Waals surface area (Å²) in [5, 5.41) is 4.62. The Bertz CT molecular complexity index is 1120. The highest BCUT2D eigenvalue weighted by Gasteiger charge is 2.35. The summed E-state index contributed by atoms with van der Waals surface area (Å²) in [6.07, 6.45) is -0.475. The third kappa shape index (κ3) is 3.13. The van der Waals surface area contributed by atoms with Crippen LogP contribution in [0.15, 0.2) is 24.3 Å². The lowest BCUT2D eigenvalue weighted by Crippen LogP contribution is -2.43. The van der Waals surface area contributed by atoms with Crippen molar-refractivity contribution in [3.05, 3.63) is 29.1 Å². The number of benzene rings is 1. The molecule has 3 N–H and O–H groups in total. The van der Waals surface area contributed by atoms with Crippen LogP contribution in [0, 0.1) is 0 Å². The zero-order valence-corrected chi connectivity index (χ0v) is 17.0. The number of nitrogens with two attached hydrogens (primary N) is 1. The van der Waals surface area contributed by atoms with E-state index in [1.807, 2.05) is 45.9 Å². The van der Waals surface area contributed by atoms with E-state index < -0.39 is 11.7 Å². The van der Waals surface area contributed by atoms with E-state index in [1.54, 1.807) is 11.0 Å². The number of pyridine rings is 1. The van der Waals surface area contributed by atoms with Crippen molar-refractivity contribution < 1.29 is 14.3 Å². The number of thiophene rings is 1. The van der Waals surface area contributed by atoms with Gasteiger partial charge in [0.2, 0.25) is 0 Å². The molecule has 4 rings (SSSR count). The Morgan fingerprint density at radius 3 is 2.79 bits per heavy atom. The Labute approximate surface area is 166 Å². The molecule has 3 aromatic rings. The molecule has 0 aliphatic carbocycles. The maximum Gasteiger partial charge on any atom is 0.414 e. The van der Waals surface area contributed by atoms with E-state index in [-0.39, 0.29) is 11.9 Å². The molecule has 0 fully saturated rings. The number of ether oxygens (including phenoxy) is 1. The minimum absolute atomic E-state index is 0.189. The van der Waals surface area contributed by atoms with Gasteiger partial charge in [0.1, 0.15) is 16.3 Å². The highest BCUT2D eigenvalue weighted by Crippen LogP contribution is 2.43. The number of fused-ring (bicyclic) bond motifs is 5. The molecule has 7 nitrogen and oxygen atoms in total. The Balaban J connectivity index is 2.01. The summed E-state index contributed by atoms with van der Waals surface area (Å²) in [4.78, 5) is 32.3. The summed E-state index contributed by atoms with van der Waals surface area (Å²) < 4.78 is 6.54. The number of nitrogen functional groups attached to an aromatic ring is 1. The SMILES string of the molecule is C[C@H]1CN(C(=O)OC(C)(C)C)c2c(sc3ccc4nc(N)ccc4c23)C(=O)N1. The molecule has 3 heterocycles. The minimum Gasteiger partial charge on any atom is -0.443 e. The summed E-state index contributed by atoms with van der Waals surface area (Å²) in [7, 11) is 0. The molecule has 2 aromatic heterocycles. The predicted molar refractivity (Wildman–Crippen MR) is 112 cm³/mol. The standard InChI is InChI=1S/C20H22N4O3S/c1-10-9-24(19(26)27-20(2,3)4)16-15-11-5-8-14(21)23-12(11)6-7-13(15)28-17(16)18(25)22-10/h5-8,10H,9H2,1-4H3,(H2,21,23)(H,22,25)/t10-/m0/s1.